The van der Waals surface area contributed by atoms with E-state index in [2.05, 4.69) is 37.6 Å². The van der Waals surface area contributed by atoms with Crippen LogP contribution in [-0.4, -0.2) is 44.2 Å². The Balaban J connectivity index is 1.82. The van der Waals surface area contributed by atoms with Crippen LogP contribution in [-0.2, 0) is 20.5 Å². The van der Waals surface area contributed by atoms with Crippen LogP contribution in [0.15, 0.2) is 53.1 Å². The predicted molar refractivity (Wildman–Crippen MR) is 141 cm³/mol. The molecule has 0 fully saturated rings. The Hall–Kier alpha value is -4.49. The van der Waals surface area contributed by atoms with Crippen molar-refractivity contribution in [2.45, 2.75) is 65.3 Å². The molecule has 0 radical (unpaired) electrons. The molecule has 3 N–H and O–H groups in total. The van der Waals surface area contributed by atoms with Crippen molar-refractivity contribution in [3.63, 3.8) is 0 Å². The van der Waals surface area contributed by atoms with Crippen LogP contribution in [0.5, 0.6) is 0 Å². The van der Waals surface area contributed by atoms with Crippen LogP contribution in [0.1, 0.15) is 64.5 Å². The molecule has 2 amide bonds. The number of carbonyl (C=O) groups excluding carboxylic acids is 3. The largest absolute Gasteiger partial charge is 0.436 e. The number of nitrogens with zero attached hydrogens (tertiary/aromatic N) is 3. The number of rotatable bonds is 12. The van der Waals surface area contributed by atoms with Crippen molar-refractivity contribution in [1.82, 2.24) is 25.7 Å². The van der Waals surface area contributed by atoms with Gasteiger partial charge >= 0.3 is 12.3 Å². The molecule has 0 spiro atoms. The highest BCUT2D eigenvalue weighted by molar-refractivity contribution is 6.43. The summed E-state index contributed by atoms with van der Waals surface area (Å²) in [6, 6.07) is 4.22. The number of hydrogen-bond acceptors (Lipinski definition) is 8. The molecule has 3 rings (SSSR count). The van der Waals surface area contributed by atoms with Gasteiger partial charge in [0.2, 0.25) is 11.7 Å². The molecular weight excluding hydrogens is 545 g/mol. The number of ether oxygens (including phenoxy) is 1. The minimum absolute atomic E-state index is 0.0745. The number of halogens is 3. The van der Waals surface area contributed by atoms with Crippen molar-refractivity contribution in [2.24, 2.45) is 5.41 Å². The van der Waals surface area contributed by atoms with Crippen LogP contribution < -0.4 is 10.6 Å². The van der Waals surface area contributed by atoms with Crippen LogP contribution in [0.2, 0.25) is 0 Å². The highest BCUT2D eigenvalue weighted by Gasteiger charge is 2.39. The Bertz CT molecular complexity index is 1370. The molecule has 41 heavy (non-hydrogen) atoms. The number of amides is 2. The Morgan fingerprint density at radius 1 is 1.10 bits per heavy atom. The number of ketones is 1. The maximum absolute atomic E-state index is 13.1. The molecule has 1 aromatic carbocycles. The monoisotopic (exact) mass is 576 g/mol. The second-order valence-electron chi connectivity index (χ2n) is 9.92. The fraction of sp³-hybridized carbons (Fsp3) is 0.407. The number of anilines is 1. The summed E-state index contributed by atoms with van der Waals surface area (Å²) in [4.78, 5) is 38.6. The maximum Gasteiger partial charge on any atom is 0.416 e. The van der Waals surface area contributed by atoms with E-state index < -0.39 is 47.1 Å². The van der Waals surface area contributed by atoms with Gasteiger partial charge in [0, 0.05) is 17.0 Å². The molecule has 0 unspecified atom stereocenters. The van der Waals surface area contributed by atoms with Crippen LogP contribution in [0, 0.1) is 5.41 Å². The van der Waals surface area contributed by atoms with Gasteiger partial charge in [0.15, 0.2) is 6.10 Å². The molecule has 2 heterocycles. The summed E-state index contributed by atoms with van der Waals surface area (Å²) in [6.07, 6.45) is -3.84. The van der Waals surface area contributed by atoms with E-state index in [1.807, 2.05) is 13.8 Å². The molecule has 2 aromatic heterocycles. The first-order valence-corrected chi connectivity index (χ1v) is 12.8. The third kappa shape index (κ3) is 7.80. The Morgan fingerprint density at radius 2 is 1.78 bits per heavy atom. The van der Waals surface area contributed by atoms with Gasteiger partial charge < -0.3 is 19.8 Å². The van der Waals surface area contributed by atoms with Crippen molar-refractivity contribution in [3.8, 4) is 11.5 Å². The fourth-order valence-electron chi connectivity index (χ4n) is 3.71. The maximum atomic E-state index is 13.1. The summed E-state index contributed by atoms with van der Waals surface area (Å²) in [5, 5.41) is 18.9. The number of carbonyl (C=O) groups is 3. The summed E-state index contributed by atoms with van der Waals surface area (Å²) < 4.78 is 50.2. The minimum Gasteiger partial charge on any atom is -0.436 e. The van der Waals surface area contributed by atoms with Gasteiger partial charge in [0.25, 0.3) is 11.8 Å². The summed E-state index contributed by atoms with van der Waals surface area (Å²) >= 11 is 0. The number of alkyl carbamates (subject to hydrolysis) is 1. The summed E-state index contributed by atoms with van der Waals surface area (Å²) in [5.41, 5.74) is -1.06. The van der Waals surface area contributed by atoms with Gasteiger partial charge in [-0.2, -0.15) is 18.3 Å². The average Bonchev–Trinajstić information content (AvgIpc) is 3.62. The van der Waals surface area contributed by atoms with Gasteiger partial charge in [-0.15, -0.1) is 10.2 Å². The number of aromatic nitrogens is 4. The van der Waals surface area contributed by atoms with Gasteiger partial charge in [-0.3, -0.25) is 14.7 Å². The van der Waals surface area contributed by atoms with E-state index in [0.717, 1.165) is 12.1 Å². The van der Waals surface area contributed by atoms with Crippen LogP contribution >= 0.6 is 0 Å². The lowest BCUT2D eigenvalue weighted by atomic mass is 9.83. The lowest BCUT2D eigenvalue weighted by Gasteiger charge is -2.31. The van der Waals surface area contributed by atoms with Gasteiger partial charge in [-0.05, 0) is 42.7 Å². The van der Waals surface area contributed by atoms with Crippen molar-refractivity contribution < 1.29 is 36.7 Å². The SMILES string of the molecule is C=C(CCC)[C@H](NC(=O)O[C@H](c1nnc(-c2ccc(C(F)(F)F)cc2)o1)C(C)(C)CC)C(=O)C(=O)Nc1ccn[nH]1. The van der Waals surface area contributed by atoms with Crippen molar-refractivity contribution in [3.05, 3.63) is 60.1 Å². The highest BCUT2D eigenvalue weighted by atomic mass is 19.4. The first kappa shape index (κ1) is 31.0. The van der Waals surface area contributed by atoms with Gasteiger partial charge in [0.05, 0.1) is 11.8 Å². The number of nitrogens with one attached hydrogen (secondary N) is 3. The third-order valence-electron chi connectivity index (χ3n) is 6.45. The first-order valence-electron chi connectivity index (χ1n) is 12.8. The zero-order chi connectivity index (χ0) is 30.4. The number of aromatic amines is 1. The normalized spacial score (nSPS) is 13.2. The predicted octanol–water partition coefficient (Wildman–Crippen LogP) is 5.61. The molecule has 0 aliphatic carbocycles. The van der Waals surface area contributed by atoms with E-state index in [-0.39, 0.29) is 23.2 Å². The molecule has 2 atom stereocenters. The van der Waals surface area contributed by atoms with Crippen molar-refractivity contribution >= 4 is 23.6 Å². The molecule has 0 bridgehead atoms. The average molecular weight is 577 g/mol. The lowest BCUT2D eigenvalue weighted by molar-refractivity contribution is -0.137. The van der Waals surface area contributed by atoms with Gasteiger partial charge in [-0.25, -0.2) is 4.79 Å². The van der Waals surface area contributed by atoms with Crippen molar-refractivity contribution in [2.75, 3.05) is 5.32 Å². The Morgan fingerprint density at radius 3 is 2.34 bits per heavy atom. The second kappa shape index (κ2) is 12.8. The fourth-order valence-corrected chi connectivity index (χ4v) is 3.71. The zero-order valence-electron chi connectivity index (χ0n) is 23.0. The molecule has 11 nitrogen and oxygen atoms in total. The van der Waals surface area contributed by atoms with E-state index in [1.54, 1.807) is 13.8 Å². The number of alkyl halides is 3. The number of hydrogen-bond donors (Lipinski definition) is 3. The topological polar surface area (TPSA) is 152 Å². The van der Waals surface area contributed by atoms with E-state index in [9.17, 15) is 27.6 Å². The van der Waals surface area contributed by atoms with Crippen LogP contribution in [0.3, 0.4) is 0 Å². The highest BCUT2D eigenvalue weighted by Crippen LogP contribution is 2.40. The first-order chi connectivity index (χ1) is 19.3. The molecule has 14 heteroatoms. The molecular formula is C27H31F3N6O5. The number of Topliss-reactive ketones (excluding diaryl/α,β-unsaturated/α-hetero) is 1. The van der Waals surface area contributed by atoms with Crippen molar-refractivity contribution in [1.29, 1.82) is 0 Å². The smallest absolute Gasteiger partial charge is 0.416 e. The third-order valence-corrected chi connectivity index (χ3v) is 6.45. The van der Waals surface area contributed by atoms with Gasteiger partial charge in [-0.1, -0.05) is 40.7 Å². The van der Waals surface area contributed by atoms with Gasteiger partial charge in [0.1, 0.15) is 11.9 Å². The quantitative estimate of drug-likeness (QED) is 0.186. The summed E-state index contributed by atoms with van der Waals surface area (Å²) in [6.45, 7) is 11.1. The van der Waals surface area contributed by atoms with E-state index in [1.165, 1.54) is 24.4 Å². The number of H-pyrrole nitrogens is 1. The molecule has 220 valence electrons. The number of benzene rings is 1. The zero-order valence-corrected chi connectivity index (χ0v) is 23.0. The van der Waals surface area contributed by atoms with E-state index >= 15 is 0 Å². The van der Waals surface area contributed by atoms with Crippen LogP contribution in [0.4, 0.5) is 23.8 Å². The van der Waals surface area contributed by atoms with Crippen LogP contribution in [0.25, 0.3) is 11.5 Å². The molecule has 0 saturated heterocycles. The lowest BCUT2D eigenvalue weighted by Crippen LogP contribution is -2.47. The molecule has 0 saturated carbocycles. The molecule has 0 aliphatic heterocycles. The minimum atomic E-state index is -4.50. The standard InChI is InChI=1S/C27H31F3N6O5/c1-6-8-15(3)19(20(37)22(38)32-18-13-14-31-34-18)33-25(39)40-21(26(4,5)7-2)24-36-35-23(41-24)16-9-11-17(12-10-16)27(28,29)30/h9-14,19,21H,3,6-8H2,1-2,4-5H3,(H,33,39)(H2,31,32,34,38)/t19-,21+/m0/s1. The summed E-state index contributed by atoms with van der Waals surface area (Å²) in [7, 11) is 0. The summed E-state index contributed by atoms with van der Waals surface area (Å²) in [5.74, 6) is -1.96. The molecule has 0 aliphatic rings. The van der Waals surface area contributed by atoms with E-state index in [0.29, 0.717) is 24.8 Å². The van der Waals surface area contributed by atoms with E-state index in [4.69, 9.17) is 9.15 Å². The Kier molecular flexibility index (Phi) is 9.68. The molecule has 3 aromatic rings. The second-order valence-corrected chi connectivity index (χ2v) is 9.92. The Labute approximate surface area is 233 Å².